The number of fused-ring (bicyclic) bond motifs is 1. The fourth-order valence-electron chi connectivity index (χ4n) is 3.91. The van der Waals surface area contributed by atoms with Crippen molar-refractivity contribution < 1.29 is 18.3 Å². The Labute approximate surface area is 143 Å². The number of carbonyl (C=O) groups excluding carboxylic acids is 1. The molecule has 0 aromatic heterocycles. The molecule has 1 N–H and O–H groups in total. The molecule has 2 saturated heterocycles. The van der Waals surface area contributed by atoms with Crippen LogP contribution in [0.3, 0.4) is 0 Å². The zero-order valence-electron chi connectivity index (χ0n) is 13.9. The minimum Gasteiger partial charge on any atom is -0.396 e. The second kappa shape index (κ2) is 6.46. The van der Waals surface area contributed by atoms with Crippen molar-refractivity contribution in [1.29, 1.82) is 0 Å². The molecule has 0 aliphatic carbocycles. The summed E-state index contributed by atoms with van der Waals surface area (Å²) in [7, 11) is -3.28. The molecule has 1 aromatic carbocycles. The predicted molar refractivity (Wildman–Crippen MR) is 90.8 cm³/mol. The number of rotatable bonds is 4. The molecule has 7 heteroatoms. The third-order valence-corrected chi connectivity index (χ3v) is 6.59. The molecule has 0 saturated carbocycles. The summed E-state index contributed by atoms with van der Waals surface area (Å²) in [6.07, 6.45) is 2.27. The topological polar surface area (TPSA) is 77.9 Å². The predicted octanol–water partition coefficient (Wildman–Crippen LogP) is 0.331. The van der Waals surface area contributed by atoms with Crippen LogP contribution in [0.1, 0.15) is 12.0 Å². The summed E-state index contributed by atoms with van der Waals surface area (Å²) in [5.74, 6) is 0.142. The molecule has 132 valence electrons. The number of nitrogens with zero attached hydrogens (tertiary/aromatic N) is 2. The van der Waals surface area contributed by atoms with Crippen molar-refractivity contribution in [2.45, 2.75) is 12.8 Å². The Morgan fingerprint density at radius 1 is 1.29 bits per heavy atom. The summed E-state index contributed by atoms with van der Waals surface area (Å²) in [5.41, 5.74) is 0.431. The van der Waals surface area contributed by atoms with Crippen molar-refractivity contribution in [3.63, 3.8) is 0 Å². The normalized spacial score (nSPS) is 27.9. The van der Waals surface area contributed by atoms with Gasteiger partial charge in [0.25, 0.3) is 0 Å². The summed E-state index contributed by atoms with van der Waals surface area (Å²) in [6.45, 7) is 1.68. The van der Waals surface area contributed by atoms with E-state index in [4.69, 9.17) is 0 Å². The van der Waals surface area contributed by atoms with E-state index in [9.17, 15) is 18.3 Å². The van der Waals surface area contributed by atoms with Gasteiger partial charge in [0, 0.05) is 31.6 Å². The van der Waals surface area contributed by atoms with Crippen LogP contribution >= 0.6 is 0 Å². The first-order valence-electron chi connectivity index (χ1n) is 8.22. The third-order valence-electron chi connectivity index (χ3n) is 5.37. The Hall–Kier alpha value is -1.44. The van der Waals surface area contributed by atoms with E-state index in [-0.39, 0.29) is 18.4 Å². The molecule has 6 nitrogen and oxygen atoms in total. The van der Waals surface area contributed by atoms with Gasteiger partial charge in [-0.05, 0) is 17.9 Å². The summed E-state index contributed by atoms with van der Waals surface area (Å²) >= 11 is 0. The molecule has 1 aromatic rings. The molecule has 2 heterocycles. The van der Waals surface area contributed by atoms with Crippen molar-refractivity contribution >= 4 is 15.9 Å². The fraction of sp³-hybridized carbons (Fsp3) is 0.588. The van der Waals surface area contributed by atoms with Crippen molar-refractivity contribution in [1.82, 2.24) is 9.21 Å². The van der Waals surface area contributed by atoms with Gasteiger partial charge >= 0.3 is 0 Å². The molecule has 3 rings (SSSR count). The summed E-state index contributed by atoms with van der Waals surface area (Å²) in [6, 6.07) is 9.58. The highest BCUT2D eigenvalue weighted by molar-refractivity contribution is 7.88. The van der Waals surface area contributed by atoms with Crippen molar-refractivity contribution in [3.05, 3.63) is 35.9 Å². The number of carbonyl (C=O) groups is 1. The van der Waals surface area contributed by atoms with Crippen LogP contribution in [0, 0.1) is 11.3 Å². The number of benzene rings is 1. The molecule has 2 fully saturated rings. The molecular formula is C17H24N2O4S. The number of sulfonamides is 1. The van der Waals surface area contributed by atoms with Crippen molar-refractivity contribution in [3.8, 4) is 0 Å². The summed E-state index contributed by atoms with van der Waals surface area (Å²) in [5, 5.41) is 9.97. The van der Waals surface area contributed by atoms with Crippen LogP contribution in [0.15, 0.2) is 30.3 Å². The molecule has 2 atom stereocenters. The van der Waals surface area contributed by atoms with Gasteiger partial charge in [-0.3, -0.25) is 4.79 Å². The van der Waals surface area contributed by atoms with Gasteiger partial charge in [0.1, 0.15) is 0 Å². The minimum absolute atomic E-state index is 0.0327. The van der Waals surface area contributed by atoms with Gasteiger partial charge in [-0.1, -0.05) is 30.3 Å². The Morgan fingerprint density at radius 3 is 2.62 bits per heavy atom. The second-order valence-corrected chi connectivity index (χ2v) is 9.02. The number of aliphatic hydroxyl groups is 1. The van der Waals surface area contributed by atoms with E-state index in [0.717, 1.165) is 12.0 Å². The van der Waals surface area contributed by atoms with Crippen LogP contribution in [-0.2, 0) is 21.2 Å². The monoisotopic (exact) mass is 352 g/mol. The number of amides is 1. The lowest BCUT2D eigenvalue weighted by Crippen LogP contribution is -2.53. The zero-order chi connectivity index (χ0) is 17.4. The van der Waals surface area contributed by atoms with E-state index < -0.39 is 15.4 Å². The lowest BCUT2D eigenvalue weighted by Gasteiger charge is -2.43. The van der Waals surface area contributed by atoms with Crippen LogP contribution in [0.4, 0.5) is 0 Å². The Morgan fingerprint density at radius 2 is 2.00 bits per heavy atom. The zero-order valence-corrected chi connectivity index (χ0v) is 14.7. The standard InChI is InChI=1S/C17H24N2O4S/c1-24(22,23)19-10-15-7-8-18(11-17(15,12-19)13-20)16(21)9-14-5-3-2-4-6-14/h2-6,15,20H,7-13H2,1H3/t15-,17+/m0/s1. The van der Waals surface area contributed by atoms with Gasteiger partial charge in [0.15, 0.2) is 0 Å². The number of hydrogen-bond donors (Lipinski definition) is 1. The third kappa shape index (κ3) is 3.34. The Bertz CT molecular complexity index is 707. The minimum atomic E-state index is -3.28. The maximum atomic E-state index is 12.6. The quantitative estimate of drug-likeness (QED) is 0.847. The van der Waals surface area contributed by atoms with Gasteiger partial charge < -0.3 is 10.0 Å². The maximum absolute atomic E-state index is 12.6. The molecule has 0 bridgehead atoms. The second-order valence-electron chi connectivity index (χ2n) is 7.04. The van der Waals surface area contributed by atoms with E-state index in [0.29, 0.717) is 32.6 Å². The molecule has 2 aliphatic rings. The number of piperidine rings is 1. The van der Waals surface area contributed by atoms with E-state index in [1.807, 2.05) is 30.3 Å². The van der Waals surface area contributed by atoms with E-state index in [1.54, 1.807) is 4.90 Å². The fourth-order valence-corrected chi connectivity index (χ4v) is 4.85. The number of hydrogen-bond acceptors (Lipinski definition) is 4. The molecule has 24 heavy (non-hydrogen) atoms. The average molecular weight is 352 g/mol. The average Bonchev–Trinajstić information content (AvgIpc) is 2.95. The van der Waals surface area contributed by atoms with E-state index in [1.165, 1.54) is 10.6 Å². The van der Waals surface area contributed by atoms with E-state index >= 15 is 0 Å². The summed E-state index contributed by atoms with van der Waals surface area (Å²) < 4.78 is 25.2. The van der Waals surface area contributed by atoms with Crippen molar-refractivity contribution in [2.75, 3.05) is 39.0 Å². The lowest BCUT2D eigenvalue weighted by molar-refractivity contribution is -0.135. The number of likely N-dealkylation sites (tertiary alicyclic amines) is 1. The van der Waals surface area contributed by atoms with E-state index in [2.05, 4.69) is 0 Å². The molecule has 0 unspecified atom stereocenters. The van der Waals surface area contributed by atoms with Gasteiger partial charge in [0.05, 0.1) is 19.3 Å². The smallest absolute Gasteiger partial charge is 0.227 e. The Balaban J connectivity index is 1.73. The van der Waals surface area contributed by atoms with Gasteiger partial charge in [-0.15, -0.1) is 0 Å². The van der Waals surface area contributed by atoms with Crippen molar-refractivity contribution in [2.24, 2.45) is 11.3 Å². The van der Waals surface area contributed by atoms with Crippen LogP contribution in [0.2, 0.25) is 0 Å². The highest BCUT2D eigenvalue weighted by Gasteiger charge is 2.52. The number of aliphatic hydroxyl groups excluding tert-OH is 1. The van der Waals surface area contributed by atoms with Gasteiger partial charge in [-0.25, -0.2) is 12.7 Å². The molecular weight excluding hydrogens is 328 g/mol. The van der Waals surface area contributed by atoms with Crippen LogP contribution in [-0.4, -0.2) is 67.7 Å². The van der Waals surface area contributed by atoms with Crippen LogP contribution in [0.25, 0.3) is 0 Å². The molecule has 0 radical (unpaired) electrons. The maximum Gasteiger partial charge on any atom is 0.227 e. The highest BCUT2D eigenvalue weighted by Crippen LogP contribution is 2.42. The SMILES string of the molecule is CS(=O)(=O)N1C[C@@H]2CCN(C(=O)Cc3ccccc3)C[C@]2(CO)C1. The molecule has 1 amide bonds. The molecule has 0 spiro atoms. The van der Waals surface area contributed by atoms with Crippen LogP contribution < -0.4 is 0 Å². The first kappa shape index (κ1) is 17.4. The van der Waals surface area contributed by atoms with Crippen LogP contribution in [0.5, 0.6) is 0 Å². The first-order chi connectivity index (χ1) is 11.3. The lowest BCUT2D eigenvalue weighted by atomic mass is 9.74. The Kier molecular flexibility index (Phi) is 4.68. The molecule has 2 aliphatic heterocycles. The largest absolute Gasteiger partial charge is 0.396 e. The van der Waals surface area contributed by atoms with Gasteiger partial charge in [-0.2, -0.15) is 0 Å². The first-order valence-corrected chi connectivity index (χ1v) is 10.1. The highest BCUT2D eigenvalue weighted by atomic mass is 32.2. The van der Waals surface area contributed by atoms with Gasteiger partial charge in [0.2, 0.25) is 15.9 Å². The summed E-state index contributed by atoms with van der Waals surface area (Å²) in [4.78, 5) is 14.4.